The standard InChI is InChI=1S/C12H18N4O4S/c1-6-11(9(4)20-15-6)7(2)16-21(18,19)12-8(3)13-14-10(12)5-17/h7,16-17H,5H2,1-4H3,(H,13,14). The second kappa shape index (κ2) is 5.58. The third-order valence-electron chi connectivity index (χ3n) is 3.23. The summed E-state index contributed by atoms with van der Waals surface area (Å²) in [6, 6.07) is -0.512. The highest BCUT2D eigenvalue weighted by atomic mass is 32.2. The molecule has 0 aliphatic carbocycles. The molecule has 1 unspecified atom stereocenters. The van der Waals surface area contributed by atoms with E-state index in [9.17, 15) is 13.5 Å². The van der Waals surface area contributed by atoms with Gasteiger partial charge in [0.25, 0.3) is 0 Å². The summed E-state index contributed by atoms with van der Waals surface area (Å²) in [6.45, 7) is 6.31. The SMILES string of the molecule is Cc1noc(C)c1C(C)NS(=O)(=O)c1c(CO)n[nH]c1C. The van der Waals surface area contributed by atoms with Gasteiger partial charge < -0.3 is 9.63 Å². The van der Waals surface area contributed by atoms with E-state index in [0.29, 0.717) is 22.7 Å². The van der Waals surface area contributed by atoms with Crippen LogP contribution in [0.5, 0.6) is 0 Å². The molecule has 9 heteroatoms. The van der Waals surface area contributed by atoms with Crippen molar-refractivity contribution in [2.24, 2.45) is 0 Å². The molecule has 21 heavy (non-hydrogen) atoms. The van der Waals surface area contributed by atoms with Gasteiger partial charge in [0.05, 0.1) is 18.0 Å². The topological polar surface area (TPSA) is 121 Å². The van der Waals surface area contributed by atoms with Crippen LogP contribution in [0.4, 0.5) is 0 Å². The van der Waals surface area contributed by atoms with Gasteiger partial charge in [0.2, 0.25) is 10.0 Å². The number of aromatic nitrogens is 3. The summed E-state index contributed by atoms with van der Waals surface area (Å²) in [5.41, 5.74) is 1.79. The number of aliphatic hydroxyl groups excluding tert-OH is 1. The fourth-order valence-electron chi connectivity index (χ4n) is 2.39. The van der Waals surface area contributed by atoms with Crippen LogP contribution in [0.2, 0.25) is 0 Å². The molecule has 0 saturated heterocycles. The van der Waals surface area contributed by atoms with E-state index in [1.165, 1.54) is 0 Å². The molecular weight excluding hydrogens is 296 g/mol. The molecule has 0 aliphatic heterocycles. The monoisotopic (exact) mass is 314 g/mol. The minimum atomic E-state index is -3.82. The van der Waals surface area contributed by atoms with Crippen LogP contribution < -0.4 is 4.72 Å². The van der Waals surface area contributed by atoms with Crippen LogP contribution in [0.3, 0.4) is 0 Å². The maximum Gasteiger partial charge on any atom is 0.244 e. The smallest absolute Gasteiger partial charge is 0.244 e. The highest BCUT2D eigenvalue weighted by Gasteiger charge is 2.28. The van der Waals surface area contributed by atoms with Crippen molar-refractivity contribution < 1.29 is 18.0 Å². The Bertz CT molecular complexity index is 728. The van der Waals surface area contributed by atoms with Crippen molar-refractivity contribution in [3.05, 3.63) is 28.4 Å². The molecule has 3 N–H and O–H groups in total. The first-order valence-electron chi connectivity index (χ1n) is 6.37. The molecule has 1 atom stereocenters. The fourth-order valence-corrected chi connectivity index (χ4v) is 3.96. The van der Waals surface area contributed by atoms with E-state index in [1.54, 1.807) is 27.7 Å². The van der Waals surface area contributed by atoms with E-state index in [2.05, 4.69) is 20.1 Å². The molecule has 0 amide bonds. The maximum absolute atomic E-state index is 12.5. The minimum Gasteiger partial charge on any atom is -0.390 e. The van der Waals surface area contributed by atoms with E-state index in [-0.39, 0.29) is 10.6 Å². The van der Waals surface area contributed by atoms with Gasteiger partial charge in [0.15, 0.2) is 0 Å². The van der Waals surface area contributed by atoms with Crippen LogP contribution in [0, 0.1) is 20.8 Å². The zero-order valence-electron chi connectivity index (χ0n) is 12.3. The molecule has 0 aromatic carbocycles. The molecule has 0 saturated carbocycles. The van der Waals surface area contributed by atoms with Gasteiger partial charge in [-0.25, -0.2) is 13.1 Å². The largest absolute Gasteiger partial charge is 0.390 e. The number of aliphatic hydroxyl groups is 1. The Hall–Kier alpha value is -1.71. The number of nitrogens with zero attached hydrogens (tertiary/aromatic N) is 2. The second-order valence-electron chi connectivity index (χ2n) is 4.86. The number of aryl methyl sites for hydroxylation is 3. The molecule has 0 fully saturated rings. The normalized spacial score (nSPS) is 13.6. The fraction of sp³-hybridized carbons (Fsp3) is 0.500. The third-order valence-corrected chi connectivity index (χ3v) is 4.98. The zero-order chi connectivity index (χ0) is 15.8. The maximum atomic E-state index is 12.5. The van der Waals surface area contributed by atoms with Gasteiger partial charge in [-0.05, 0) is 27.7 Å². The summed E-state index contributed by atoms with van der Waals surface area (Å²) < 4.78 is 32.6. The number of hydrogen-bond donors (Lipinski definition) is 3. The molecule has 0 aliphatic rings. The molecule has 2 heterocycles. The van der Waals surface area contributed by atoms with Crippen molar-refractivity contribution in [3.8, 4) is 0 Å². The quantitative estimate of drug-likeness (QED) is 0.752. The summed E-state index contributed by atoms with van der Waals surface area (Å²) in [5, 5.41) is 19.4. The van der Waals surface area contributed by atoms with Crippen molar-refractivity contribution in [1.82, 2.24) is 20.1 Å². The predicted molar refractivity (Wildman–Crippen MR) is 74.0 cm³/mol. The molecular formula is C12H18N4O4S. The van der Waals surface area contributed by atoms with Crippen LogP contribution in [-0.4, -0.2) is 28.9 Å². The lowest BCUT2D eigenvalue weighted by molar-refractivity contribution is 0.273. The summed E-state index contributed by atoms with van der Waals surface area (Å²) in [7, 11) is -3.82. The van der Waals surface area contributed by atoms with Crippen molar-refractivity contribution in [1.29, 1.82) is 0 Å². The molecule has 2 aromatic heterocycles. The van der Waals surface area contributed by atoms with E-state index >= 15 is 0 Å². The van der Waals surface area contributed by atoms with Crippen molar-refractivity contribution in [3.63, 3.8) is 0 Å². The average Bonchev–Trinajstić information content (AvgIpc) is 2.92. The minimum absolute atomic E-state index is 0.0244. The Morgan fingerprint density at radius 2 is 2.05 bits per heavy atom. The first kappa shape index (κ1) is 15.7. The lowest BCUT2D eigenvalue weighted by Crippen LogP contribution is -2.28. The van der Waals surface area contributed by atoms with E-state index < -0.39 is 22.7 Å². The van der Waals surface area contributed by atoms with E-state index in [0.717, 1.165) is 0 Å². The molecule has 116 valence electrons. The Balaban J connectivity index is 2.36. The van der Waals surface area contributed by atoms with Crippen LogP contribution in [0.25, 0.3) is 0 Å². The van der Waals surface area contributed by atoms with Crippen LogP contribution >= 0.6 is 0 Å². The average molecular weight is 314 g/mol. The second-order valence-corrected chi connectivity index (χ2v) is 6.51. The molecule has 0 spiro atoms. The Morgan fingerprint density at radius 3 is 2.57 bits per heavy atom. The Kier molecular flexibility index (Phi) is 4.17. The highest BCUT2D eigenvalue weighted by Crippen LogP contribution is 2.25. The number of sulfonamides is 1. The van der Waals surface area contributed by atoms with Gasteiger partial charge in [-0.2, -0.15) is 5.10 Å². The number of aromatic amines is 1. The van der Waals surface area contributed by atoms with Crippen molar-refractivity contribution >= 4 is 10.0 Å². The van der Waals surface area contributed by atoms with Gasteiger partial charge in [0.1, 0.15) is 16.3 Å². The molecule has 2 aromatic rings. The number of H-pyrrole nitrogens is 1. The first-order chi connectivity index (χ1) is 9.77. The highest BCUT2D eigenvalue weighted by molar-refractivity contribution is 7.89. The lowest BCUT2D eigenvalue weighted by atomic mass is 10.1. The predicted octanol–water partition coefficient (Wildman–Crippen LogP) is 0.855. The summed E-state index contributed by atoms with van der Waals surface area (Å²) >= 11 is 0. The van der Waals surface area contributed by atoms with E-state index in [4.69, 9.17) is 4.52 Å². The van der Waals surface area contributed by atoms with Crippen LogP contribution in [0.1, 0.15) is 41.4 Å². The van der Waals surface area contributed by atoms with Gasteiger partial charge in [-0.15, -0.1) is 0 Å². The van der Waals surface area contributed by atoms with Crippen molar-refractivity contribution in [2.45, 2.75) is 45.2 Å². The molecule has 8 nitrogen and oxygen atoms in total. The lowest BCUT2D eigenvalue weighted by Gasteiger charge is -2.14. The third kappa shape index (κ3) is 2.85. The van der Waals surface area contributed by atoms with Gasteiger partial charge in [-0.3, -0.25) is 5.10 Å². The first-order valence-corrected chi connectivity index (χ1v) is 7.86. The number of hydrogen-bond acceptors (Lipinski definition) is 6. The summed E-state index contributed by atoms with van der Waals surface area (Å²) in [5.74, 6) is 0.564. The number of rotatable bonds is 5. The van der Waals surface area contributed by atoms with Gasteiger partial charge in [0, 0.05) is 11.6 Å². The van der Waals surface area contributed by atoms with Gasteiger partial charge in [-0.1, -0.05) is 5.16 Å². The van der Waals surface area contributed by atoms with Crippen molar-refractivity contribution in [2.75, 3.05) is 0 Å². The van der Waals surface area contributed by atoms with E-state index in [1.807, 2.05) is 0 Å². The van der Waals surface area contributed by atoms with Gasteiger partial charge >= 0.3 is 0 Å². The number of nitrogens with one attached hydrogen (secondary N) is 2. The Morgan fingerprint density at radius 1 is 1.38 bits per heavy atom. The molecule has 0 bridgehead atoms. The van der Waals surface area contributed by atoms with Crippen LogP contribution in [-0.2, 0) is 16.6 Å². The summed E-state index contributed by atoms with van der Waals surface area (Å²) in [4.78, 5) is -0.0244. The molecule has 2 rings (SSSR count). The zero-order valence-corrected chi connectivity index (χ0v) is 13.1. The van der Waals surface area contributed by atoms with Crippen LogP contribution in [0.15, 0.2) is 9.42 Å². The molecule has 0 radical (unpaired) electrons. The summed E-state index contributed by atoms with van der Waals surface area (Å²) in [6.07, 6.45) is 0. The Labute approximate surface area is 122 Å².